The van der Waals surface area contributed by atoms with Gasteiger partial charge < -0.3 is 5.73 Å². The Bertz CT molecular complexity index is 476. The lowest BCUT2D eigenvalue weighted by Gasteiger charge is -2.09. The second-order valence-electron chi connectivity index (χ2n) is 3.80. The number of nitrogens with zero attached hydrogens (tertiary/aromatic N) is 2. The van der Waals surface area contributed by atoms with Crippen molar-refractivity contribution in [1.82, 2.24) is 9.78 Å². The third-order valence-corrected chi connectivity index (χ3v) is 4.08. The van der Waals surface area contributed by atoms with Gasteiger partial charge in [0.1, 0.15) is 5.15 Å². The first-order valence-electron chi connectivity index (χ1n) is 5.06. The van der Waals surface area contributed by atoms with Gasteiger partial charge in [0.25, 0.3) is 0 Å². The summed E-state index contributed by atoms with van der Waals surface area (Å²) in [5, 5.41) is 7.00. The summed E-state index contributed by atoms with van der Waals surface area (Å²) in [5.41, 5.74) is 8.14. The first-order valence-corrected chi connectivity index (χ1v) is 6.32. The summed E-state index contributed by atoms with van der Waals surface area (Å²) in [6, 6.07) is 4.06. The predicted molar refractivity (Wildman–Crippen MR) is 67.9 cm³/mol. The van der Waals surface area contributed by atoms with E-state index in [4.69, 9.17) is 17.3 Å². The van der Waals surface area contributed by atoms with Crippen LogP contribution >= 0.6 is 22.9 Å². The minimum Gasteiger partial charge on any atom is -0.323 e. The SMILES string of the molecule is Cc1nn(C)c(Cl)c1CC(N)c1cccs1. The largest absolute Gasteiger partial charge is 0.323 e. The van der Waals surface area contributed by atoms with E-state index in [1.807, 2.05) is 25.4 Å². The Morgan fingerprint density at radius 2 is 2.38 bits per heavy atom. The van der Waals surface area contributed by atoms with Crippen LogP contribution in [0.5, 0.6) is 0 Å². The van der Waals surface area contributed by atoms with Gasteiger partial charge in [0.2, 0.25) is 0 Å². The van der Waals surface area contributed by atoms with Crippen molar-refractivity contribution in [3.8, 4) is 0 Å². The van der Waals surface area contributed by atoms with Gasteiger partial charge in [0.15, 0.2) is 0 Å². The van der Waals surface area contributed by atoms with E-state index in [1.165, 1.54) is 4.88 Å². The highest BCUT2D eigenvalue weighted by atomic mass is 35.5. The van der Waals surface area contributed by atoms with Crippen LogP contribution in [0.25, 0.3) is 0 Å². The van der Waals surface area contributed by atoms with Crippen LogP contribution < -0.4 is 5.73 Å². The standard InChI is InChI=1S/C11H14ClN3S/c1-7-8(11(12)15(2)14-7)6-9(13)10-4-3-5-16-10/h3-5,9H,6,13H2,1-2H3. The second kappa shape index (κ2) is 4.57. The van der Waals surface area contributed by atoms with Gasteiger partial charge in [-0.15, -0.1) is 11.3 Å². The van der Waals surface area contributed by atoms with E-state index in [0.29, 0.717) is 5.15 Å². The van der Waals surface area contributed by atoms with Gasteiger partial charge in [-0.05, 0) is 24.8 Å². The zero-order valence-corrected chi connectivity index (χ0v) is 10.8. The molecule has 0 bridgehead atoms. The number of rotatable bonds is 3. The van der Waals surface area contributed by atoms with E-state index in [-0.39, 0.29) is 6.04 Å². The molecule has 0 aliphatic heterocycles. The average Bonchev–Trinajstić information content (AvgIpc) is 2.83. The minimum absolute atomic E-state index is 0.000370. The Hall–Kier alpha value is -0.840. The molecule has 2 heterocycles. The first kappa shape index (κ1) is 11.6. The van der Waals surface area contributed by atoms with Crippen molar-refractivity contribution in [3.05, 3.63) is 38.8 Å². The van der Waals surface area contributed by atoms with Crippen molar-refractivity contribution in [2.24, 2.45) is 12.8 Å². The van der Waals surface area contributed by atoms with E-state index in [9.17, 15) is 0 Å². The molecule has 2 N–H and O–H groups in total. The monoisotopic (exact) mass is 255 g/mol. The zero-order valence-electron chi connectivity index (χ0n) is 9.27. The highest BCUT2D eigenvalue weighted by Crippen LogP contribution is 2.26. The molecule has 2 rings (SSSR count). The van der Waals surface area contributed by atoms with Gasteiger partial charge in [-0.25, -0.2) is 0 Å². The molecule has 0 saturated carbocycles. The second-order valence-corrected chi connectivity index (χ2v) is 5.14. The third-order valence-electron chi connectivity index (χ3n) is 2.60. The number of aromatic nitrogens is 2. The van der Waals surface area contributed by atoms with E-state index >= 15 is 0 Å². The van der Waals surface area contributed by atoms with Crippen LogP contribution in [0.15, 0.2) is 17.5 Å². The molecule has 3 nitrogen and oxygen atoms in total. The van der Waals surface area contributed by atoms with Crippen LogP contribution in [0.4, 0.5) is 0 Å². The van der Waals surface area contributed by atoms with Gasteiger partial charge >= 0.3 is 0 Å². The summed E-state index contributed by atoms with van der Waals surface area (Å²) in [6.45, 7) is 1.96. The predicted octanol–water partition coefficient (Wildman–Crippen LogP) is 2.69. The summed E-state index contributed by atoms with van der Waals surface area (Å²) >= 11 is 7.84. The highest BCUT2D eigenvalue weighted by Gasteiger charge is 2.16. The molecule has 1 unspecified atom stereocenters. The van der Waals surface area contributed by atoms with Crippen molar-refractivity contribution in [2.45, 2.75) is 19.4 Å². The Labute approximate surface area is 104 Å². The summed E-state index contributed by atoms with van der Waals surface area (Å²) in [5.74, 6) is 0. The van der Waals surface area contributed by atoms with Crippen molar-refractivity contribution in [3.63, 3.8) is 0 Å². The van der Waals surface area contributed by atoms with Gasteiger partial charge in [-0.3, -0.25) is 4.68 Å². The smallest absolute Gasteiger partial charge is 0.130 e. The molecule has 2 aromatic rings. The Morgan fingerprint density at radius 3 is 2.88 bits per heavy atom. The van der Waals surface area contributed by atoms with E-state index in [1.54, 1.807) is 16.0 Å². The van der Waals surface area contributed by atoms with Gasteiger partial charge in [-0.1, -0.05) is 17.7 Å². The molecule has 0 saturated heterocycles. The molecule has 86 valence electrons. The van der Waals surface area contributed by atoms with Crippen LogP contribution in [0, 0.1) is 6.92 Å². The molecule has 0 spiro atoms. The number of hydrogen-bond acceptors (Lipinski definition) is 3. The lowest BCUT2D eigenvalue weighted by atomic mass is 10.1. The first-order chi connectivity index (χ1) is 7.59. The molecule has 0 aliphatic carbocycles. The number of aryl methyl sites for hydroxylation is 2. The van der Waals surface area contributed by atoms with Gasteiger partial charge in [0, 0.05) is 23.5 Å². The highest BCUT2D eigenvalue weighted by molar-refractivity contribution is 7.10. The maximum absolute atomic E-state index is 6.17. The quantitative estimate of drug-likeness (QED) is 0.917. The Kier molecular flexibility index (Phi) is 3.33. The third kappa shape index (κ3) is 2.14. The molecular weight excluding hydrogens is 242 g/mol. The topological polar surface area (TPSA) is 43.8 Å². The molecule has 1 atom stereocenters. The average molecular weight is 256 g/mol. The fourth-order valence-electron chi connectivity index (χ4n) is 1.73. The lowest BCUT2D eigenvalue weighted by molar-refractivity contribution is 0.732. The molecular formula is C11H14ClN3S. The van der Waals surface area contributed by atoms with Gasteiger partial charge in [-0.2, -0.15) is 5.10 Å². The number of thiophene rings is 1. The van der Waals surface area contributed by atoms with Crippen LogP contribution in [-0.2, 0) is 13.5 Å². The maximum atomic E-state index is 6.17. The minimum atomic E-state index is 0.000370. The Balaban J connectivity index is 2.21. The fourth-order valence-corrected chi connectivity index (χ4v) is 2.71. The van der Waals surface area contributed by atoms with E-state index in [2.05, 4.69) is 11.2 Å². The van der Waals surface area contributed by atoms with Crippen molar-refractivity contribution in [2.75, 3.05) is 0 Å². The molecule has 5 heteroatoms. The lowest BCUT2D eigenvalue weighted by Crippen LogP contribution is -2.12. The van der Waals surface area contributed by atoms with Crippen LogP contribution in [-0.4, -0.2) is 9.78 Å². The molecule has 2 aromatic heterocycles. The molecule has 0 radical (unpaired) electrons. The van der Waals surface area contributed by atoms with Crippen LogP contribution in [0.1, 0.15) is 22.2 Å². The number of nitrogens with two attached hydrogens (primary N) is 1. The van der Waals surface area contributed by atoms with Crippen molar-refractivity contribution < 1.29 is 0 Å². The summed E-state index contributed by atoms with van der Waals surface area (Å²) in [4.78, 5) is 1.18. The van der Waals surface area contributed by atoms with Crippen LogP contribution in [0.3, 0.4) is 0 Å². The zero-order chi connectivity index (χ0) is 11.7. The van der Waals surface area contributed by atoms with Crippen LogP contribution in [0.2, 0.25) is 5.15 Å². The normalized spacial score (nSPS) is 13.0. The fraction of sp³-hybridized carbons (Fsp3) is 0.364. The van der Waals surface area contributed by atoms with E-state index < -0.39 is 0 Å². The summed E-state index contributed by atoms with van der Waals surface area (Å²) in [7, 11) is 1.84. The molecule has 0 aromatic carbocycles. The Morgan fingerprint density at radius 1 is 1.62 bits per heavy atom. The maximum Gasteiger partial charge on any atom is 0.130 e. The number of halogens is 1. The number of hydrogen-bond donors (Lipinski definition) is 1. The molecule has 16 heavy (non-hydrogen) atoms. The molecule has 0 aliphatic rings. The molecule has 0 fully saturated rings. The molecule has 0 amide bonds. The van der Waals surface area contributed by atoms with Gasteiger partial charge in [0.05, 0.1) is 5.69 Å². The summed E-state index contributed by atoms with van der Waals surface area (Å²) in [6.07, 6.45) is 0.735. The summed E-state index contributed by atoms with van der Waals surface area (Å²) < 4.78 is 1.69. The van der Waals surface area contributed by atoms with E-state index in [0.717, 1.165) is 17.7 Å². The van der Waals surface area contributed by atoms with Crippen molar-refractivity contribution >= 4 is 22.9 Å². The van der Waals surface area contributed by atoms with Crippen molar-refractivity contribution in [1.29, 1.82) is 0 Å².